The molecule has 1 N–H and O–H groups in total. The maximum absolute atomic E-state index is 14.1. The Bertz CT molecular complexity index is 1670. The van der Waals surface area contributed by atoms with Crippen molar-refractivity contribution >= 4 is 23.5 Å². The fourth-order valence-corrected chi connectivity index (χ4v) is 5.64. The van der Waals surface area contributed by atoms with Gasteiger partial charge in [0.2, 0.25) is 5.91 Å². The summed E-state index contributed by atoms with van der Waals surface area (Å²) in [6.07, 6.45) is 2.11. The summed E-state index contributed by atoms with van der Waals surface area (Å²) in [5.74, 6) is 0.574. The lowest BCUT2D eigenvalue weighted by Crippen LogP contribution is -2.19. The highest BCUT2D eigenvalue weighted by molar-refractivity contribution is 7.99. The average molecular weight is 615 g/mol. The molecule has 0 radical (unpaired) electrons. The van der Waals surface area contributed by atoms with Crippen molar-refractivity contribution in [2.24, 2.45) is 0 Å². The number of benzene rings is 3. The molecule has 2 aromatic heterocycles. The van der Waals surface area contributed by atoms with Gasteiger partial charge in [0, 0.05) is 18.7 Å². The predicted octanol–water partition coefficient (Wildman–Crippen LogP) is 6.74. The number of anilines is 1. The molecule has 44 heavy (non-hydrogen) atoms. The fraction of sp³-hybridized carbons (Fsp3) is 0.273. The first-order chi connectivity index (χ1) is 21.5. The molecular formula is C33H35FN6O3S. The second-order valence-corrected chi connectivity index (χ2v) is 11.2. The minimum absolute atomic E-state index is 0.00715. The zero-order valence-corrected chi connectivity index (χ0v) is 25.8. The summed E-state index contributed by atoms with van der Waals surface area (Å²) < 4.78 is 28.7. The quantitative estimate of drug-likeness (QED) is 0.138. The molecule has 0 aliphatic rings. The smallest absolute Gasteiger partial charge is 0.236 e. The van der Waals surface area contributed by atoms with Crippen molar-refractivity contribution in [2.75, 3.05) is 24.8 Å². The third-order valence-electron chi connectivity index (χ3n) is 6.88. The van der Waals surface area contributed by atoms with E-state index >= 15 is 0 Å². The van der Waals surface area contributed by atoms with Gasteiger partial charge < -0.3 is 14.8 Å². The van der Waals surface area contributed by atoms with E-state index in [-0.39, 0.29) is 30.1 Å². The lowest BCUT2D eigenvalue weighted by atomic mass is 10.1. The minimum Gasteiger partial charge on any atom is -0.483 e. The average Bonchev–Trinajstić information content (AvgIpc) is 3.65. The van der Waals surface area contributed by atoms with Crippen LogP contribution in [0.3, 0.4) is 0 Å². The number of ether oxygens (including phenoxy) is 2. The number of carbonyl (C=O) groups excluding carboxylic acids is 1. The van der Waals surface area contributed by atoms with Gasteiger partial charge in [0.15, 0.2) is 22.5 Å². The van der Waals surface area contributed by atoms with E-state index in [4.69, 9.17) is 14.6 Å². The molecule has 1 atom stereocenters. The molecule has 0 aliphatic heterocycles. The maximum Gasteiger partial charge on any atom is 0.236 e. The van der Waals surface area contributed by atoms with Gasteiger partial charge in [-0.2, -0.15) is 5.10 Å². The molecule has 228 valence electrons. The largest absolute Gasteiger partial charge is 0.483 e. The highest BCUT2D eigenvalue weighted by Gasteiger charge is 2.21. The molecule has 9 nitrogen and oxygen atoms in total. The summed E-state index contributed by atoms with van der Waals surface area (Å²) in [6.45, 7) is 4.52. The summed E-state index contributed by atoms with van der Waals surface area (Å²) in [7, 11) is 1.61. The van der Waals surface area contributed by atoms with Crippen LogP contribution in [0.1, 0.15) is 37.7 Å². The van der Waals surface area contributed by atoms with Crippen LogP contribution in [0, 0.1) is 5.82 Å². The first kappa shape index (κ1) is 31.0. The number of nitrogens with zero attached hydrogens (tertiary/aromatic N) is 5. The lowest BCUT2D eigenvalue weighted by molar-refractivity contribution is -0.113. The number of methoxy groups -OCH3 is 1. The van der Waals surface area contributed by atoms with Crippen LogP contribution in [0.5, 0.6) is 5.75 Å². The van der Waals surface area contributed by atoms with Crippen LogP contribution in [0.2, 0.25) is 0 Å². The first-order valence-corrected chi connectivity index (χ1v) is 15.4. The van der Waals surface area contributed by atoms with E-state index in [1.165, 1.54) is 23.4 Å². The van der Waals surface area contributed by atoms with E-state index in [0.29, 0.717) is 23.4 Å². The third-order valence-corrected chi connectivity index (χ3v) is 7.82. The van der Waals surface area contributed by atoms with Gasteiger partial charge in [-0.3, -0.25) is 9.36 Å². The Morgan fingerprint density at radius 3 is 2.50 bits per heavy atom. The number of rotatable bonds is 14. The van der Waals surface area contributed by atoms with E-state index < -0.39 is 5.82 Å². The number of nitrogens with one attached hydrogen (secondary N) is 1. The summed E-state index contributed by atoms with van der Waals surface area (Å²) in [4.78, 5) is 13.3. The molecule has 0 aliphatic carbocycles. The lowest BCUT2D eigenvalue weighted by Gasteiger charge is -2.17. The number of halogens is 1. The molecule has 2 heterocycles. The number of carbonyl (C=O) groups is 1. The van der Waals surface area contributed by atoms with Crippen LogP contribution in [-0.2, 0) is 22.6 Å². The topological polar surface area (TPSA) is 96.1 Å². The zero-order valence-electron chi connectivity index (χ0n) is 24.9. The van der Waals surface area contributed by atoms with E-state index in [0.717, 1.165) is 29.8 Å². The van der Waals surface area contributed by atoms with Crippen molar-refractivity contribution < 1.29 is 18.7 Å². The summed E-state index contributed by atoms with van der Waals surface area (Å²) in [5.41, 5.74) is 3.83. The standard InChI is InChI=1S/C33H35FN6O3S/c1-4-10-24-15-17-25(18-16-24)28-19-30(40(38-28)26-11-6-5-7-12-26)35-32(41)22-44-33-37-36-31(39(33)23(2)20-42-3)21-43-29-14-9-8-13-27(29)34/h5-9,11-19,23H,4,10,20-22H2,1-3H3,(H,35,41)/t23-/m0/s1. The second-order valence-electron chi connectivity index (χ2n) is 10.2. The normalized spacial score (nSPS) is 11.8. The molecule has 1 amide bonds. The van der Waals surface area contributed by atoms with Crippen molar-refractivity contribution in [1.29, 1.82) is 0 Å². The van der Waals surface area contributed by atoms with Crippen LogP contribution >= 0.6 is 11.8 Å². The molecule has 0 saturated heterocycles. The molecule has 0 bridgehead atoms. The van der Waals surface area contributed by atoms with Crippen LogP contribution < -0.4 is 10.1 Å². The molecule has 0 unspecified atom stereocenters. The third kappa shape index (κ3) is 7.53. The van der Waals surface area contributed by atoms with E-state index in [1.807, 2.05) is 47.9 Å². The predicted molar refractivity (Wildman–Crippen MR) is 170 cm³/mol. The van der Waals surface area contributed by atoms with Gasteiger partial charge in [-0.15, -0.1) is 10.2 Å². The highest BCUT2D eigenvalue weighted by atomic mass is 32.2. The van der Waals surface area contributed by atoms with Crippen LogP contribution in [0.4, 0.5) is 10.2 Å². The fourth-order valence-electron chi connectivity index (χ4n) is 4.78. The second kappa shape index (κ2) is 14.8. The Balaban J connectivity index is 1.32. The SMILES string of the molecule is CCCc1ccc(-c2cc(NC(=O)CSc3nnc(COc4ccccc4F)n3[C@@H](C)COC)n(-c3ccccc3)n2)cc1. The molecule has 0 saturated carbocycles. The van der Waals surface area contributed by atoms with Gasteiger partial charge in [0.25, 0.3) is 0 Å². The van der Waals surface area contributed by atoms with Gasteiger partial charge in [-0.05, 0) is 43.2 Å². The Kier molecular flexibility index (Phi) is 10.4. The maximum atomic E-state index is 14.1. The van der Waals surface area contributed by atoms with Gasteiger partial charge in [0.05, 0.1) is 29.8 Å². The summed E-state index contributed by atoms with van der Waals surface area (Å²) in [6, 6.07) is 26.0. The number of aromatic nitrogens is 5. The molecule has 3 aromatic carbocycles. The van der Waals surface area contributed by atoms with Gasteiger partial charge in [-0.25, -0.2) is 9.07 Å². The van der Waals surface area contributed by atoms with E-state index in [1.54, 1.807) is 30.0 Å². The van der Waals surface area contributed by atoms with Gasteiger partial charge in [0.1, 0.15) is 12.4 Å². The minimum atomic E-state index is -0.457. The molecular weight excluding hydrogens is 579 g/mol. The van der Waals surface area contributed by atoms with Crippen molar-refractivity contribution in [1.82, 2.24) is 24.5 Å². The van der Waals surface area contributed by atoms with Crippen molar-refractivity contribution in [3.8, 4) is 22.7 Å². The number of thioether (sulfide) groups is 1. The van der Waals surface area contributed by atoms with Crippen molar-refractivity contribution in [2.45, 2.75) is 44.5 Å². The number of para-hydroxylation sites is 2. The van der Waals surface area contributed by atoms with E-state index in [9.17, 15) is 9.18 Å². The molecule has 0 fully saturated rings. The van der Waals surface area contributed by atoms with Gasteiger partial charge in [-0.1, -0.05) is 79.7 Å². The Morgan fingerprint density at radius 1 is 1.02 bits per heavy atom. The summed E-state index contributed by atoms with van der Waals surface area (Å²) >= 11 is 1.25. The number of hydrogen-bond acceptors (Lipinski definition) is 7. The van der Waals surface area contributed by atoms with Crippen LogP contribution in [0.25, 0.3) is 16.9 Å². The zero-order chi connectivity index (χ0) is 30.9. The highest BCUT2D eigenvalue weighted by Crippen LogP contribution is 2.27. The number of hydrogen-bond donors (Lipinski definition) is 1. The Hall–Kier alpha value is -4.48. The molecule has 0 spiro atoms. The monoisotopic (exact) mass is 614 g/mol. The molecule has 11 heteroatoms. The van der Waals surface area contributed by atoms with E-state index in [2.05, 4.69) is 46.7 Å². The summed E-state index contributed by atoms with van der Waals surface area (Å²) in [5, 5.41) is 17.0. The first-order valence-electron chi connectivity index (χ1n) is 14.4. The number of amides is 1. The molecule has 5 rings (SSSR count). The van der Waals surface area contributed by atoms with Crippen molar-refractivity contribution in [3.05, 3.63) is 102 Å². The van der Waals surface area contributed by atoms with Crippen molar-refractivity contribution in [3.63, 3.8) is 0 Å². The van der Waals surface area contributed by atoms with Crippen LogP contribution in [0.15, 0.2) is 90.1 Å². The Morgan fingerprint density at radius 2 is 1.77 bits per heavy atom. The van der Waals surface area contributed by atoms with Crippen LogP contribution in [-0.4, -0.2) is 49.9 Å². The number of aryl methyl sites for hydroxylation is 1. The van der Waals surface area contributed by atoms with Gasteiger partial charge >= 0.3 is 0 Å². The molecule has 5 aromatic rings. The Labute approximate surface area is 260 Å².